The summed E-state index contributed by atoms with van der Waals surface area (Å²) in [5.74, 6) is 0.336. The van der Waals surface area contributed by atoms with E-state index in [4.69, 9.17) is 5.10 Å². The number of nitrogens with zero attached hydrogens (tertiary/aromatic N) is 4. The smallest absolute Gasteiger partial charge is 0.286 e. The fraction of sp³-hybridized carbons (Fsp3) is 0.0400. The van der Waals surface area contributed by atoms with Crippen LogP contribution in [0, 0.1) is 0 Å². The molecule has 7 heteroatoms. The molecule has 0 aliphatic rings. The number of aromatic nitrogens is 5. The fourth-order valence-electron chi connectivity index (χ4n) is 3.47. The van der Waals surface area contributed by atoms with Crippen molar-refractivity contribution in [1.82, 2.24) is 25.0 Å². The minimum absolute atomic E-state index is 0.318. The van der Waals surface area contributed by atoms with Crippen LogP contribution in [-0.4, -0.2) is 25.0 Å². The Labute approximate surface area is 184 Å². The van der Waals surface area contributed by atoms with Crippen LogP contribution in [0.15, 0.2) is 102 Å². The summed E-state index contributed by atoms with van der Waals surface area (Å²) in [6.45, 7) is 0. The van der Waals surface area contributed by atoms with Gasteiger partial charge in [0.1, 0.15) is 5.69 Å². The molecule has 0 saturated carbocycles. The van der Waals surface area contributed by atoms with E-state index in [2.05, 4.69) is 20.5 Å². The van der Waals surface area contributed by atoms with Crippen molar-refractivity contribution in [2.24, 2.45) is 0 Å². The van der Waals surface area contributed by atoms with Gasteiger partial charge < -0.3 is 5.32 Å². The quantitative estimate of drug-likeness (QED) is 0.426. The molecule has 0 amide bonds. The van der Waals surface area contributed by atoms with E-state index in [-0.39, 0.29) is 5.56 Å². The Morgan fingerprint density at radius 3 is 2.22 bits per heavy atom. The Balaban J connectivity index is 1.53. The predicted octanol–water partition coefficient (Wildman–Crippen LogP) is 4.35. The van der Waals surface area contributed by atoms with E-state index < -0.39 is 0 Å². The van der Waals surface area contributed by atoms with E-state index in [0.717, 1.165) is 28.2 Å². The van der Waals surface area contributed by atoms with Crippen LogP contribution in [0.25, 0.3) is 16.9 Å². The lowest BCUT2D eigenvalue weighted by Gasteiger charge is -2.06. The molecule has 0 aliphatic heterocycles. The molecule has 7 nitrogen and oxygen atoms in total. The lowest BCUT2D eigenvalue weighted by atomic mass is 10.0. The second-order valence-corrected chi connectivity index (χ2v) is 7.25. The monoisotopic (exact) mass is 420 g/mol. The van der Waals surface area contributed by atoms with Gasteiger partial charge >= 0.3 is 0 Å². The van der Waals surface area contributed by atoms with Crippen LogP contribution in [0.2, 0.25) is 0 Å². The molecule has 32 heavy (non-hydrogen) atoms. The Hall–Kier alpha value is -4.52. The number of benzene rings is 3. The summed E-state index contributed by atoms with van der Waals surface area (Å²) in [4.78, 5) is 17.0. The van der Waals surface area contributed by atoms with Crippen LogP contribution in [0.3, 0.4) is 0 Å². The third-order valence-corrected chi connectivity index (χ3v) is 5.01. The largest absolute Gasteiger partial charge is 0.323 e. The maximum absolute atomic E-state index is 12.5. The van der Waals surface area contributed by atoms with Crippen molar-refractivity contribution in [3.05, 3.63) is 119 Å². The van der Waals surface area contributed by atoms with Gasteiger partial charge in [-0.3, -0.25) is 4.79 Å². The van der Waals surface area contributed by atoms with Crippen LogP contribution in [0.1, 0.15) is 11.3 Å². The van der Waals surface area contributed by atoms with E-state index in [1.807, 2.05) is 102 Å². The second-order valence-electron chi connectivity index (χ2n) is 7.25. The van der Waals surface area contributed by atoms with Gasteiger partial charge in [0.25, 0.3) is 5.56 Å². The predicted molar refractivity (Wildman–Crippen MR) is 124 cm³/mol. The third kappa shape index (κ3) is 4.17. The summed E-state index contributed by atoms with van der Waals surface area (Å²) in [5.41, 5.74) is 4.51. The molecule has 5 rings (SSSR count). The Bertz CT molecular complexity index is 1380. The summed E-state index contributed by atoms with van der Waals surface area (Å²) >= 11 is 0. The molecule has 0 radical (unpaired) electrons. The van der Waals surface area contributed by atoms with E-state index in [0.29, 0.717) is 18.1 Å². The fourth-order valence-corrected chi connectivity index (χ4v) is 3.47. The average molecular weight is 420 g/mol. The normalized spacial score (nSPS) is 10.8. The van der Waals surface area contributed by atoms with E-state index in [9.17, 15) is 4.79 Å². The van der Waals surface area contributed by atoms with Crippen molar-refractivity contribution in [2.45, 2.75) is 6.42 Å². The van der Waals surface area contributed by atoms with Gasteiger partial charge in [-0.1, -0.05) is 66.7 Å². The zero-order valence-corrected chi connectivity index (χ0v) is 17.1. The summed E-state index contributed by atoms with van der Waals surface area (Å²) in [7, 11) is 0. The maximum Gasteiger partial charge on any atom is 0.286 e. The Morgan fingerprint density at radius 1 is 0.844 bits per heavy atom. The molecule has 3 aromatic carbocycles. The van der Waals surface area contributed by atoms with Gasteiger partial charge in [-0.25, -0.2) is 14.8 Å². The van der Waals surface area contributed by atoms with Crippen LogP contribution in [0.5, 0.6) is 0 Å². The lowest BCUT2D eigenvalue weighted by Crippen LogP contribution is -2.18. The zero-order chi connectivity index (χ0) is 21.8. The number of para-hydroxylation sites is 2. The first kappa shape index (κ1) is 19.4. The molecule has 0 aliphatic carbocycles. The topological polar surface area (TPSA) is 88.5 Å². The lowest BCUT2D eigenvalue weighted by molar-refractivity contribution is 0.876. The standard InChI is InChI=1S/C25H20N6O/c32-24-22(27-25(29-28-24)26-20-12-6-2-7-13-20)16-19-17-31(21-14-8-3-9-15-21)30-23(19)18-10-4-1-5-11-18/h1-15,17H,16H2,(H,28,32)(H,26,27,29). The van der Waals surface area contributed by atoms with Crippen molar-refractivity contribution in [2.75, 3.05) is 5.32 Å². The SMILES string of the molecule is O=c1[nH]nc(Nc2ccccc2)nc1Cc1cn(-c2ccccc2)nc1-c1ccccc1. The number of anilines is 2. The zero-order valence-electron chi connectivity index (χ0n) is 17.1. The van der Waals surface area contributed by atoms with Crippen LogP contribution in [0.4, 0.5) is 11.6 Å². The van der Waals surface area contributed by atoms with Gasteiger partial charge in [0.05, 0.1) is 11.4 Å². The molecule has 0 spiro atoms. The van der Waals surface area contributed by atoms with E-state index >= 15 is 0 Å². The van der Waals surface area contributed by atoms with Gasteiger partial charge in [0.2, 0.25) is 5.95 Å². The second kappa shape index (κ2) is 8.69. The van der Waals surface area contributed by atoms with Crippen LogP contribution < -0.4 is 10.9 Å². The number of rotatable bonds is 6. The van der Waals surface area contributed by atoms with Crippen molar-refractivity contribution in [1.29, 1.82) is 0 Å². The van der Waals surface area contributed by atoms with Gasteiger partial charge in [-0.05, 0) is 24.3 Å². The molecule has 2 heterocycles. The highest BCUT2D eigenvalue weighted by molar-refractivity contribution is 5.64. The number of H-pyrrole nitrogens is 1. The van der Waals surface area contributed by atoms with Gasteiger partial charge in [-0.15, -0.1) is 5.10 Å². The highest BCUT2D eigenvalue weighted by Crippen LogP contribution is 2.25. The minimum Gasteiger partial charge on any atom is -0.323 e. The number of aromatic amines is 1. The molecule has 156 valence electrons. The Kier molecular flexibility index (Phi) is 5.28. The van der Waals surface area contributed by atoms with Gasteiger partial charge in [0.15, 0.2) is 0 Å². The summed E-state index contributed by atoms with van der Waals surface area (Å²) in [6.07, 6.45) is 2.27. The van der Waals surface area contributed by atoms with Gasteiger partial charge in [-0.2, -0.15) is 5.10 Å². The van der Waals surface area contributed by atoms with Crippen molar-refractivity contribution in [3.63, 3.8) is 0 Å². The molecule has 0 atom stereocenters. The van der Waals surface area contributed by atoms with E-state index in [1.165, 1.54) is 0 Å². The molecular formula is C25H20N6O. The number of hydrogen-bond acceptors (Lipinski definition) is 5. The molecule has 2 N–H and O–H groups in total. The van der Waals surface area contributed by atoms with Crippen LogP contribution >= 0.6 is 0 Å². The minimum atomic E-state index is -0.324. The first-order chi connectivity index (χ1) is 15.8. The molecule has 0 fully saturated rings. The van der Waals surface area contributed by atoms with Crippen molar-refractivity contribution < 1.29 is 0 Å². The third-order valence-electron chi connectivity index (χ3n) is 5.01. The highest BCUT2D eigenvalue weighted by atomic mass is 16.1. The molecule has 0 unspecified atom stereocenters. The summed E-state index contributed by atoms with van der Waals surface area (Å²) in [5, 5.41) is 14.5. The van der Waals surface area contributed by atoms with Gasteiger partial charge in [0, 0.05) is 29.4 Å². The first-order valence-corrected chi connectivity index (χ1v) is 10.2. The molecular weight excluding hydrogens is 400 g/mol. The maximum atomic E-state index is 12.5. The van der Waals surface area contributed by atoms with Crippen molar-refractivity contribution >= 4 is 11.6 Å². The summed E-state index contributed by atoms with van der Waals surface area (Å²) < 4.78 is 1.83. The Morgan fingerprint density at radius 2 is 1.50 bits per heavy atom. The van der Waals surface area contributed by atoms with Crippen LogP contribution in [-0.2, 0) is 6.42 Å². The molecule has 5 aromatic rings. The molecule has 0 saturated heterocycles. The number of nitrogens with one attached hydrogen (secondary N) is 2. The molecule has 2 aromatic heterocycles. The first-order valence-electron chi connectivity index (χ1n) is 10.2. The van der Waals surface area contributed by atoms with Crippen molar-refractivity contribution in [3.8, 4) is 16.9 Å². The highest BCUT2D eigenvalue weighted by Gasteiger charge is 2.16. The number of hydrogen-bond donors (Lipinski definition) is 2. The summed E-state index contributed by atoms with van der Waals surface area (Å²) in [6, 6.07) is 29.4. The average Bonchev–Trinajstić information content (AvgIpc) is 3.27. The van der Waals surface area contributed by atoms with E-state index in [1.54, 1.807) is 0 Å². The molecule has 0 bridgehead atoms.